The van der Waals surface area contributed by atoms with Crippen LogP contribution in [0.2, 0.25) is 0 Å². The molecular weight excluding hydrogens is 212 g/mol. The van der Waals surface area contributed by atoms with Crippen LogP contribution in [0.5, 0.6) is 0 Å². The van der Waals surface area contributed by atoms with Gasteiger partial charge < -0.3 is 4.74 Å². The van der Waals surface area contributed by atoms with Gasteiger partial charge in [-0.2, -0.15) is 0 Å². The molecule has 0 radical (unpaired) electrons. The van der Waals surface area contributed by atoms with Crippen LogP contribution in [-0.4, -0.2) is 18.9 Å². The van der Waals surface area contributed by atoms with E-state index >= 15 is 0 Å². The van der Waals surface area contributed by atoms with Crippen molar-refractivity contribution in [2.24, 2.45) is 0 Å². The smallest absolute Gasteiger partial charge is 0.338 e. The Kier molecular flexibility index (Phi) is 2.38. The Morgan fingerprint density at radius 2 is 2.13 bits per heavy atom. The van der Waals surface area contributed by atoms with Crippen LogP contribution in [0, 0.1) is 0 Å². The van der Waals surface area contributed by atoms with E-state index < -0.39 is 0 Å². The standard InChI is InChI=1S/C11H12O3S/c1-7(12)11(3-4-11)9-5-8(6-15-9)10(13)14-2/h5-6H,3-4H2,1-2H3. The maximum Gasteiger partial charge on any atom is 0.338 e. The molecule has 0 atom stereocenters. The van der Waals surface area contributed by atoms with Crippen molar-refractivity contribution in [3.8, 4) is 0 Å². The van der Waals surface area contributed by atoms with Crippen molar-refractivity contribution < 1.29 is 14.3 Å². The van der Waals surface area contributed by atoms with Crippen molar-refractivity contribution in [3.63, 3.8) is 0 Å². The minimum atomic E-state index is -0.336. The minimum absolute atomic E-state index is 0.195. The maximum atomic E-state index is 11.5. The molecule has 1 aromatic rings. The third kappa shape index (κ3) is 1.59. The topological polar surface area (TPSA) is 43.4 Å². The fraction of sp³-hybridized carbons (Fsp3) is 0.455. The molecule has 4 heteroatoms. The highest BCUT2D eigenvalue weighted by Gasteiger charge is 2.49. The summed E-state index contributed by atoms with van der Waals surface area (Å²) in [7, 11) is 1.36. The second-order valence-electron chi connectivity index (χ2n) is 3.83. The Bertz CT molecular complexity index is 415. The summed E-state index contributed by atoms with van der Waals surface area (Å²) >= 11 is 1.47. The minimum Gasteiger partial charge on any atom is -0.465 e. The first-order valence-electron chi connectivity index (χ1n) is 4.78. The van der Waals surface area contributed by atoms with Gasteiger partial charge >= 0.3 is 5.97 Å². The molecule has 0 saturated heterocycles. The SMILES string of the molecule is COC(=O)c1csc(C2(C(C)=O)CC2)c1. The van der Waals surface area contributed by atoms with E-state index in [1.54, 1.807) is 18.4 Å². The summed E-state index contributed by atoms with van der Waals surface area (Å²) in [5.41, 5.74) is 0.266. The first kappa shape index (κ1) is 10.4. The van der Waals surface area contributed by atoms with Crippen molar-refractivity contribution >= 4 is 23.1 Å². The van der Waals surface area contributed by atoms with E-state index in [4.69, 9.17) is 0 Å². The predicted molar refractivity (Wildman–Crippen MR) is 57.3 cm³/mol. The van der Waals surface area contributed by atoms with Gasteiger partial charge in [-0.3, -0.25) is 4.79 Å². The highest BCUT2D eigenvalue weighted by Crippen LogP contribution is 2.51. The summed E-state index contributed by atoms with van der Waals surface area (Å²) in [6, 6.07) is 1.78. The molecule has 2 rings (SSSR count). The fourth-order valence-corrected chi connectivity index (χ4v) is 2.90. The summed E-state index contributed by atoms with van der Waals surface area (Å²) < 4.78 is 4.63. The zero-order valence-electron chi connectivity index (χ0n) is 8.70. The van der Waals surface area contributed by atoms with Gasteiger partial charge in [0.1, 0.15) is 5.78 Å². The van der Waals surface area contributed by atoms with Gasteiger partial charge in [0, 0.05) is 10.3 Å². The highest BCUT2D eigenvalue weighted by molar-refractivity contribution is 7.10. The molecule has 0 unspecified atom stereocenters. The van der Waals surface area contributed by atoms with Crippen LogP contribution in [0.1, 0.15) is 35.0 Å². The van der Waals surface area contributed by atoms with E-state index in [-0.39, 0.29) is 17.2 Å². The van der Waals surface area contributed by atoms with E-state index in [0.717, 1.165) is 17.7 Å². The Balaban J connectivity index is 2.28. The lowest BCUT2D eigenvalue weighted by Crippen LogP contribution is -2.15. The van der Waals surface area contributed by atoms with Gasteiger partial charge in [-0.25, -0.2) is 4.79 Å². The van der Waals surface area contributed by atoms with Crippen LogP contribution in [0.4, 0.5) is 0 Å². The monoisotopic (exact) mass is 224 g/mol. The number of ketones is 1. The third-order valence-electron chi connectivity index (χ3n) is 2.92. The molecule has 1 saturated carbocycles. The molecule has 0 spiro atoms. The maximum absolute atomic E-state index is 11.5. The van der Waals surface area contributed by atoms with E-state index in [0.29, 0.717) is 5.56 Å². The molecule has 3 nitrogen and oxygen atoms in total. The van der Waals surface area contributed by atoms with Crippen molar-refractivity contribution in [1.82, 2.24) is 0 Å². The second kappa shape index (κ2) is 3.45. The molecule has 1 aliphatic rings. The molecule has 0 aliphatic heterocycles. The van der Waals surface area contributed by atoms with Crippen molar-refractivity contribution in [2.75, 3.05) is 7.11 Å². The second-order valence-corrected chi connectivity index (χ2v) is 4.74. The van der Waals surface area contributed by atoms with E-state index in [1.165, 1.54) is 18.4 Å². The van der Waals surface area contributed by atoms with Crippen molar-refractivity contribution in [1.29, 1.82) is 0 Å². The van der Waals surface area contributed by atoms with Crippen LogP contribution in [-0.2, 0) is 14.9 Å². The lowest BCUT2D eigenvalue weighted by atomic mass is 10.00. The number of Topliss-reactive ketones (excluding diaryl/α,β-unsaturated/α-hetero) is 1. The lowest BCUT2D eigenvalue weighted by Gasteiger charge is -2.06. The van der Waals surface area contributed by atoms with Crippen LogP contribution in [0.15, 0.2) is 11.4 Å². The normalized spacial score (nSPS) is 17.2. The quantitative estimate of drug-likeness (QED) is 0.739. The summed E-state index contributed by atoms with van der Waals surface area (Å²) in [5.74, 6) is -0.141. The summed E-state index contributed by atoms with van der Waals surface area (Å²) in [5, 5.41) is 1.75. The van der Waals surface area contributed by atoms with Gasteiger partial charge in [0.25, 0.3) is 0 Å². The van der Waals surface area contributed by atoms with Gasteiger partial charge in [-0.1, -0.05) is 0 Å². The molecule has 15 heavy (non-hydrogen) atoms. The number of hydrogen-bond acceptors (Lipinski definition) is 4. The van der Waals surface area contributed by atoms with Crippen LogP contribution < -0.4 is 0 Å². The molecule has 1 aromatic heterocycles. The first-order valence-corrected chi connectivity index (χ1v) is 5.66. The number of ether oxygens (including phenoxy) is 1. The number of rotatable bonds is 3. The van der Waals surface area contributed by atoms with Crippen LogP contribution in [0.3, 0.4) is 0 Å². The van der Waals surface area contributed by atoms with E-state index in [1.807, 2.05) is 0 Å². The average molecular weight is 224 g/mol. The molecule has 0 aromatic carbocycles. The Labute approximate surface area is 92.1 Å². The molecule has 0 bridgehead atoms. The highest BCUT2D eigenvalue weighted by atomic mass is 32.1. The molecule has 80 valence electrons. The summed E-state index contributed by atoms with van der Waals surface area (Å²) in [4.78, 5) is 23.7. The fourth-order valence-electron chi connectivity index (χ4n) is 1.71. The lowest BCUT2D eigenvalue weighted by molar-refractivity contribution is -0.119. The third-order valence-corrected chi connectivity index (χ3v) is 4.05. The largest absolute Gasteiger partial charge is 0.465 e. The van der Waals surface area contributed by atoms with E-state index in [9.17, 15) is 9.59 Å². The summed E-state index contributed by atoms with van der Waals surface area (Å²) in [6.45, 7) is 1.62. The molecular formula is C11H12O3S. The van der Waals surface area contributed by atoms with Crippen molar-refractivity contribution in [3.05, 3.63) is 21.9 Å². The summed E-state index contributed by atoms with van der Waals surface area (Å²) in [6.07, 6.45) is 1.81. The van der Waals surface area contributed by atoms with Gasteiger partial charge in [0.15, 0.2) is 0 Å². The van der Waals surface area contributed by atoms with Crippen LogP contribution in [0.25, 0.3) is 0 Å². The van der Waals surface area contributed by atoms with Gasteiger partial charge in [0.2, 0.25) is 0 Å². The van der Waals surface area contributed by atoms with E-state index in [2.05, 4.69) is 4.74 Å². The van der Waals surface area contributed by atoms with Gasteiger partial charge in [-0.15, -0.1) is 11.3 Å². The molecule has 1 aliphatic carbocycles. The number of methoxy groups -OCH3 is 1. The van der Waals surface area contributed by atoms with Crippen LogP contribution >= 0.6 is 11.3 Å². The molecule has 1 heterocycles. The first-order chi connectivity index (χ1) is 7.10. The average Bonchev–Trinajstić information content (AvgIpc) is 2.90. The molecule has 0 amide bonds. The number of thiophene rings is 1. The van der Waals surface area contributed by atoms with Crippen molar-refractivity contribution in [2.45, 2.75) is 25.2 Å². The van der Waals surface area contributed by atoms with Gasteiger partial charge in [-0.05, 0) is 25.8 Å². The zero-order valence-corrected chi connectivity index (χ0v) is 9.52. The number of carbonyl (C=O) groups excluding carboxylic acids is 2. The predicted octanol–water partition coefficient (Wildman–Crippen LogP) is 2.16. The molecule has 0 N–H and O–H groups in total. The Morgan fingerprint density at radius 3 is 2.60 bits per heavy atom. The Hall–Kier alpha value is -1.16. The number of carbonyl (C=O) groups is 2. The number of esters is 1. The zero-order chi connectivity index (χ0) is 11.1. The Morgan fingerprint density at radius 1 is 1.47 bits per heavy atom. The van der Waals surface area contributed by atoms with Gasteiger partial charge in [0.05, 0.1) is 18.1 Å². The number of hydrogen-bond donors (Lipinski definition) is 0. The molecule has 1 fully saturated rings.